The highest BCUT2D eigenvalue weighted by Crippen LogP contribution is 2.71. The maximum atomic E-state index is 15.0. The Morgan fingerprint density at radius 2 is 1.47 bits per heavy atom. The van der Waals surface area contributed by atoms with Crippen LogP contribution < -0.4 is 0 Å². The van der Waals surface area contributed by atoms with E-state index in [2.05, 4.69) is 13.8 Å². The highest BCUT2D eigenvalue weighted by atomic mass is 19.4. The summed E-state index contributed by atoms with van der Waals surface area (Å²) in [4.78, 5) is 0. The molecular formula is C37H54F6O6. The average molecular weight is 709 g/mol. The summed E-state index contributed by atoms with van der Waals surface area (Å²) in [6.45, 7) is 9.06. The molecule has 0 aromatic heterocycles. The van der Waals surface area contributed by atoms with E-state index in [1.165, 1.54) is 0 Å². The summed E-state index contributed by atoms with van der Waals surface area (Å²) < 4.78 is 123. The minimum atomic E-state index is -4.82. The molecule has 0 aromatic rings. The van der Waals surface area contributed by atoms with E-state index in [1.54, 1.807) is 6.92 Å². The van der Waals surface area contributed by atoms with Crippen molar-refractivity contribution in [2.75, 3.05) is 19.8 Å². The van der Waals surface area contributed by atoms with Gasteiger partial charge in [-0.25, -0.2) is 0 Å². The van der Waals surface area contributed by atoms with Crippen LogP contribution in [0.5, 0.6) is 0 Å². The Kier molecular flexibility index (Phi) is 9.06. The molecular weight excluding hydrogens is 654 g/mol. The third-order valence-electron chi connectivity index (χ3n) is 14.3. The van der Waals surface area contributed by atoms with Crippen LogP contribution in [0.3, 0.4) is 0 Å². The van der Waals surface area contributed by atoms with E-state index in [-0.39, 0.29) is 37.4 Å². The standard InChI is InChI=1S/C37H54F6O6/c1-22-8-6-14-33-20-31(4,15-11-25(22)33)47-29(33)46-28(36(38,39)40)13-19-44-17-7-18-45-35(37(41,42)43)24(3)27-10-9-23(2)26-12-16-32(5)21-34(26,27)30(48-32)49-35/h13,22-27,29-30H,6-12,14-21H2,1-5H3/b28-13+/t22-,23-,24-,25?,26?,27+,29-,30+,31+,32-,33+,34+,35-/m1/s1. The highest BCUT2D eigenvalue weighted by Gasteiger charge is 2.77. The second-order valence-corrected chi connectivity index (χ2v) is 17.4. The van der Waals surface area contributed by atoms with Gasteiger partial charge in [-0.05, 0) is 107 Å². The molecule has 2 spiro atoms. The maximum absolute atomic E-state index is 15.0. The van der Waals surface area contributed by atoms with Crippen molar-refractivity contribution in [3.05, 3.63) is 11.8 Å². The number of rotatable bonds is 9. The van der Waals surface area contributed by atoms with E-state index < -0.39 is 71.0 Å². The zero-order valence-electron chi connectivity index (χ0n) is 29.5. The smallest absolute Gasteiger partial charge is 0.448 e. The van der Waals surface area contributed by atoms with Gasteiger partial charge in [-0.15, -0.1) is 0 Å². The fraction of sp³-hybridized carbons (Fsp3) is 0.946. The first-order valence-corrected chi connectivity index (χ1v) is 18.6. The zero-order chi connectivity index (χ0) is 35.3. The van der Waals surface area contributed by atoms with Crippen molar-refractivity contribution in [3.8, 4) is 0 Å². The van der Waals surface area contributed by atoms with Crippen LogP contribution in [0.4, 0.5) is 26.3 Å². The Morgan fingerprint density at radius 3 is 2.18 bits per heavy atom. The number of allylic oxidation sites excluding steroid dienone is 1. The molecule has 4 bridgehead atoms. The van der Waals surface area contributed by atoms with Crippen LogP contribution in [0.25, 0.3) is 0 Å². The number of hydrogen-bond donors (Lipinski definition) is 0. The Balaban J connectivity index is 0.981. The van der Waals surface area contributed by atoms with Crippen LogP contribution >= 0.6 is 0 Å². The van der Waals surface area contributed by atoms with Crippen molar-refractivity contribution in [1.29, 1.82) is 0 Å². The molecule has 13 atom stereocenters. The maximum Gasteiger partial charge on any atom is 0.448 e. The lowest BCUT2D eigenvalue weighted by molar-refractivity contribution is -0.470. The summed E-state index contributed by atoms with van der Waals surface area (Å²) in [5, 5.41) is 0. The lowest BCUT2D eigenvalue weighted by atomic mass is 9.47. The molecule has 0 radical (unpaired) electrons. The monoisotopic (exact) mass is 708 g/mol. The van der Waals surface area contributed by atoms with Gasteiger partial charge in [0.2, 0.25) is 12.0 Å². The Labute approximate surface area is 286 Å². The summed E-state index contributed by atoms with van der Waals surface area (Å²) in [7, 11) is 0. The van der Waals surface area contributed by atoms with Gasteiger partial charge < -0.3 is 28.4 Å². The van der Waals surface area contributed by atoms with Gasteiger partial charge in [-0.3, -0.25) is 0 Å². The number of hydrogen-bond acceptors (Lipinski definition) is 6. The van der Waals surface area contributed by atoms with E-state index in [0.717, 1.165) is 57.4 Å². The van der Waals surface area contributed by atoms with Gasteiger partial charge in [-0.2, -0.15) is 26.3 Å². The lowest BCUT2D eigenvalue weighted by Crippen LogP contribution is -2.69. The Morgan fingerprint density at radius 1 is 0.776 bits per heavy atom. The van der Waals surface area contributed by atoms with E-state index in [4.69, 9.17) is 28.4 Å². The van der Waals surface area contributed by atoms with Crippen molar-refractivity contribution in [3.63, 3.8) is 0 Å². The van der Waals surface area contributed by atoms with Crippen LogP contribution in [0.2, 0.25) is 0 Å². The first-order chi connectivity index (χ1) is 22.9. The molecule has 7 aliphatic rings. The largest absolute Gasteiger partial charge is 0.459 e. The van der Waals surface area contributed by atoms with Gasteiger partial charge in [0, 0.05) is 23.4 Å². The molecule has 7 rings (SSSR count). The fourth-order valence-electron chi connectivity index (χ4n) is 12.3. The van der Waals surface area contributed by atoms with Crippen molar-refractivity contribution in [2.45, 2.75) is 154 Å². The summed E-state index contributed by atoms with van der Waals surface area (Å²) in [5.74, 6) is -3.95. The predicted octanol–water partition coefficient (Wildman–Crippen LogP) is 9.47. The minimum absolute atomic E-state index is 0.0371. The fourth-order valence-corrected chi connectivity index (χ4v) is 12.3. The average Bonchev–Trinajstić information content (AvgIpc) is 3.34. The first kappa shape index (κ1) is 36.3. The van der Waals surface area contributed by atoms with Gasteiger partial charge >= 0.3 is 12.4 Å². The summed E-state index contributed by atoms with van der Waals surface area (Å²) in [6.07, 6.45) is -1.56. The Hall–Kier alpha value is -1.08. The Bertz CT molecular complexity index is 1270. The van der Waals surface area contributed by atoms with Crippen LogP contribution in [-0.2, 0) is 28.4 Å². The molecule has 6 nitrogen and oxygen atoms in total. The number of halogens is 6. The van der Waals surface area contributed by atoms with E-state index in [0.29, 0.717) is 31.1 Å². The normalized spacial score (nSPS) is 49.4. The van der Waals surface area contributed by atoms with Crippen molar-refractivity contribution in [2.24, 2.45) is 46.3 Å². The van der Waals surface area contributed by atoms with Crippen molar-refractivity contribution in [1.82, 2.24) is 0 Å². The van der Waals surface area contributed by atoms with Crippen molar-refractivity contribution < 1.29 is 54.8 Å². The SMILES string of the molecule is C[C@@H]1CCC[C@]23C[C@](C)(CCC12)O[C@H]3O/C(=C/COCCCO[C@@]1(C(F)(F)F)O[C@@H]2O[C@]3(C)CCC4[C@H](C)CC[C@@H]([C@H]1C)[C@]42C3)C(F)(F)F. The number of alkyl halides is 6. The van der Waals surface area contributed by atoms with Crippen LogP contribution in [0.1, 0.15) is 112 Å². The first-order valence-electron chi connectivity index (χ1n) is 18.6. The topological polar surface area (TPSA) is 55.4 Å². The molecule has 49 heavy (non-hydrogen) atoms. The second kappa shape index (κ2) is 12.2. The second-order valence-electron chi connectivity index (χ2n) is 17.4. The minimum Gasteiger partial charge on any atom is -0.459 e. The van der Waals surface area contributed by atoms with Crippen LogP contribution in [-0.4, -0.2) is 61.7 Å². The molecule has 3 saturated heterocycles. The van der Waals surface area contributed by atoms with Gasteiger partial charge in [0.25, 0.3) is 5.79 Å². The molecule has 0 aromatic carbocycles. The molecule has 2 unspecified atom stereocenters. The molecule has 0 N–H and O–H groups in total. The number of ether oxygens (including phenoxy) is 6. The molecule has 0 amide bonds. The number of fused-ring (bicyclic) bond motifs is 2. The predicted molar refractivity (Wildman–Crippen MR) is 167 cm³/mol. The van der Waals surface area contributed by atoms with E-state index in [1.807, 2.05) is 13.8 Å². The molecule has 280 valence electrons. The third kappa shape index (κ3) is 5.79. The lowest BCUT2D eigenvalue weighted by Gasteiger charge is -2.62. The molecule has 12 heteroatoms. The van der Waals surface area contributed by atoms with Gasteiger partial charge in [0.1, 0.15) is 0 Å². The van der Waals surface area contributed by atoms with Crippen LogP contribution in [0.15, 0.2) is 11.8 Å². The van der Waals surface area contributed by atoms with Crippen molar-refractivity contribution >= 4 is 0 Å². The summed E-state index contributed by atoms with van der Waals surface area (Å²) >= 11 is 0. The third-order valence-corrected chi connectivity index (χ3v) is 14.3. The highest BCUT2D eigenvalue weighted by molar-refractivity contribution is 5.16. The zero-order valence-corrected chi connectivity index (χ0v) is 29.5. The van der Waals surface area contributed by atoms with Gasteiger partial charge in [0.05, 0.1) is 24.4 Å². The van der Waals surface area contributed by atoms with E-state index >= 15 is 0 Å². The van der Waals surface area contributed by atoms with Gasteiger partial charge in [0.15, 0.2) is 6.29 Å². The van der Waals surface area contributed by atoms with Crippen LogP contribution in [0, 0.1) is 46.3 Å². The molecule has 7 fully saturated rings. The van der Waals surface area contributed by atoms with Gasteiger partial charge in [-0.1, -0.05) is 40.0 Å². The summed E-state index contributed by atoms with van der Waals surface area (Å²) in [5.41, 5.74) is -1.94. The van der Waals surface area contributed by atoms with E-state index in [9.17, 15) is 26.3 Å². The molecule has 4 aliphatic carbocycles. The molecule has 3 aliphatic heterocycles. The molecule has 3 heterocycles. The molecule has 4 saturated carbocycles. The quantitative estimate of drug-likeness (QED) is 0.135. The summed E-state index contributed by atoms with van der Waals surface area (Å²) in [6, 6.07) is 0.